The Balaban J connectivity index is 2.30. The van der Waals surface area contributed by atoms with E-state index in [-0.39, 0.29) is 0 Å². The molecule has 1 nitrogen and oxygen atoms in total. The molecule has 2 aliphatic carbocycles. The van der Waals surface area contributed by atoms with Crippen LogP contribution in [0.25, 0.3) is 0 Å². The van der Waals surface area contributed by atoms with Gasteiger partial charge in [-0.15, -0.1) is 0 Å². The van der Waals surface area contributed by atoms with E-state index in [1.165, 1.54) is 12.8 Å². The van der Waals surface area contributed by atoms with Crippen LogP contribution in [0.5, 0.6) is 0 Å². The Morgan fingerprint density at radius 1 is 1.40 bits per heavy atom. The van der Waals surface area contributed by atoms with Crippen LogP contribution in [-0.2, 0) is 4.79 Å². The molecule has 0 aromatic heterocycles. The molecule has 2 aliphatic rings. The summed E-state index contributed by atoms with van der Waals surface area (Å²) >= 11 is 0. The molecule has 3 atom stereocenters. The average molecular weight is 206 g/mol. The van der Waals surface area contributed by atoms with Gasteiger partial charge in [-0.3, -0.25) is 4.79 Å². The second-order valence-corrected chi connectivity index (χ2v) is 5.74. The Morgan fingerprint density at radius 2 is 2.13 bits per heavy atom. The lowest BCUT2D eigenvalue weighted by atomic mass is 9.64. The zero-order valence-electron chi connectivity index (χ0n) is 10.1. The van der Waals surface area contributed by atoms with Gasteiger partial charge in [-0.1, -0.05) is 26.8 Å². The summed E-state index contributed by atoms with van der Waals surface area (Å²) in [4.78, 5) is 11.3. The van der Waals surface area contributed by atoms with Crippen LogP contribution in [-0.4, -0.2) is 5.78 Å². The quantitative estimate of drug-likeness (QED) is 0.640. The van der Waals surface area contributed by atoms with Crippen molar-refractivity contribution in [2.24, 2.45) is 23.2 Å². The van der Waals surface area contributed by atoms with Crippen LogP contribution >= 0.6 is 0 Å². The van der Waals surface area contributed by atoms with E-state index >= 15 is 0 Å². The van der Waals surface area contributed by atoms with Gasteiger partial charge in [-0.2, -0.15) is 0 Å². The van der Waals surface area contributed by atoms with Gasteiger partial charge in [0, 0.05) is 6.42 Å². The zero-order valence-corrected chi connectivity index (χ0v) is 10.1. The lowest BCUT2D eigenvalue weighted by Gasteiger charge is -2.40. The molecule has 84 valence electrons. The van der Waals surface area contributed by atoms with Crippen LogP contribution < -0.4 is 0 Å². The van der Waals surface area contributed by atoms with Gasteiger partial charge in [0.2, 0.25) is 0 Å². The van der Waals surface area contributed by atoms with E-state index in [9.17, 15) is 4.79 Å². The van der Waals surface area contributed by atoms with Crippen LogP contribution in [0.3, 0.4) is 0 Å². The van der Waals surface area contributed by atoms with Crippen LogP contribution in [0.2, 0.25) is 0 Å². The Bertz CT molecular complexity index is 290. The minimum atomic E-state index is 0.322. The SMILES string of the molecule is CC(C)[C@H]1CC[C@H](C)[C@@]12C=CC(=O)CC2. The summed E-state index contributed by atoms with van der Waals surface area (Å²) in [6, 6.07) is 0. The van der Waals surface area contributed by atoms with Crippen LogP contribution in [0.15, 0.2) is 12.2 Å². The Kier molecular flexibility index (Phi) is 2.74. The van der Waals surface area contributed by atoms with Crippen molar-refractivity contribution in [1.82, 2.24) is 0 Å². The fourth-order valence-electron chi connectivity index (χ4n) is 3.76. The summed E-state index contributed by atoms with van der Waals surface area (Å²) in [5, 5.41) is 0. The summed E-state index contributed by atoms with van der Waals surface area (Å²) in [6.45, 7) is 7.02. The predicted octanol–water partition coefficient (Wildman–Crippen LogP) is 3.59. The normalized spacial score (nSPS) is 40.7. The van der Waals surface area contributed by atoms with Gasteiger partial charge in [0.25, 0.3) is 0 Å². The highest BCUT2D eigenvalue weighted by molar-refractivity contribution is 5.90. The highest BCUT2D eigenvalue weighted by Gasteiger charge is 2.47. The number of carbonyl (C=O) groups excluding carboxylic acids is 1. The number of carbonyl (C=O) groups is 1. The van der Waals surface area contributed by atoms with E-state index in [1.54, 1.807) is 0 Å². The number of rotatable bonds is 1. The van der Waals surface area contributed by atoms with Crippen molar-refractivity contribution >= 4 is 5.78 Å². The largest absolute Gasteiger partial charge is 0.295 e. The zero-order chi connectivity index (χ0) is 11.1. The van der Waals surface area contributed by atoms with Gasteiger partial charge in [0.15, 0.2) is 5.78 Å². The van der Waals surface area contributed by atoms with E-state index in [2.05, 4.69) is 26.8 Å². The van der Waals surface area contributed by atoms with Crippen molar-refractivity contribution in [1.29, 1.82) is 0 Å². The van der Waals surface area contributed by atoms with Gasteiger partial charge < -0.3 is 0 Å². The highest BCUT2D eigenvalue weighted by Crippen LogP contribution is 2.55. The third kappa shape index (κ3) is 1.66. The molecule has 1 saturated carbocycles. The maximum Gasteiger partial charge on any atom is 0.155 e. The molecule has 15 heavy (non-hydrogen) atoms. The standard InChI is InChI=1S/C14H22O/c1-10(2)13-5-4-11(3)14(13)8-6-12(15)7-9-14/h6,8,10-11,13H,4-5,7,9H2,1-3H3/t11-,13+,14-/m0/s1. The lowest BCUT2D eigenvalue weighted by Crippen LogP contribution is -2.34. The smallest absolute Gasteiger partial charge is 0.155 e. The third-order valence-electron chi connectivity index (χ3n) is 4.71. The van der Waals surface area contributed by atoms with Crippen LogP contribution in [0.1, 0.15) is 46.5 Å². The van der Waals surface area contributed by atoms with E-state index in [4.69, 9.17) is 0 Å². The van der Waals surface area contributed by atoms with Crippen LogP contribution in [0, 0.1) is 23.2 Å². The van der Waals surface area contributed by atoms with E-state index in [0.29, 0.717) is 11.2 Å². The van der Waals surface area contributed by atoms with Gasteiger partial charge >= 0.3 is 0 Å². The molecule has 0 saturated heterocycles. The molecule has 0 bridgehead atoms. The maximum atomic E-state index is 11.3. The molecular formula is C14H22O. The van der Waals surface area contributed by atoms with Gasteiger partial charge in [0.1, 0.15) is 0 Å². The van der Waals surface area contributed by atoms with Gasteiger partial charge in [0.05, 0.1) is 0 Å². The van der Waals surface area contributed by atoms with E-state index in [0.717, 1.165) is 30.6 Å². The molecule has 2 rings (SSSR count). The average Bonchev–Trinajstić information content (AvgIpc) is 2.50. The van der Waals surface area contributed by atoms with Crippen molar-refractivity contribution in [2.45, 2.75) is 46.5 Å². The summed E-state index contributed by atoms with van der Waals surface area (Å²) < 4.78 is 0. The topological polar surface area (TPSA) is 17.1 Å². The summed E-state index contributed by atoms with van der Waals surface area (Å²) in [5.41, 5.74) is 0.349. The third-order valence-corrected chi connectivity index (χ3v) is 4.71. The van der Waals surface area contributed by atoms with Crippen molar-refractivity contribution in [3.05, 3.63) is 12.2 Å². The molecule has 0 aliphatic heterocycles. The fourth-order valence-corrected chi connectivity index (χ4v) is 3.76. The Hall–Kier alpha value is -0.590. The first-order valence-corrected chi connectivity index (χ1v) is 6.28. The maximum absolute atomic E-state index is 11.3. The molecule has 1 fully saturated rings. The van der Waals surface area contributed by atoms with E-state index < -0.39 is 0 Å². The van der Waals surface area contributed by atoms with Crippen molar-refractivity contribution in [3.63, 3.8) is 0 Å². The molecule has 0 aromatic rings. The summed E-state index contributed by atoms with van der Waals surface area (Å²) in [5.74, 6) is 2.61. The Labute approximate surface area is 92.9 Å². The monoisotopic (exact) mass is 206 g/mol. The van der Waals surface area contributed by atoms with Crippen molar-refractivity contribution in [3.8, 4) is 0 Å². The first kappa shape index (κ1) is 10.9. The molecule has 1 heteroatoms. The highest BCUT2D eigenvalue weighted by atomic mass is 16.1. The molecule has 0 unspecified atom stereocenters. The molecule has 0 aromatic carbocycles. The van der Waals surface area contributed by atoms with Crippen molar-refractivity contribution < 1.29 is 4.79 Å². The number of hydrogen-bond acceptors (Lipinski definition) is 1. The van der Waals surface area contributed by atoms with E-state index in [1.807, 2.05) is 6.08 Å². The minimum absolute atomic E-state index is 0.322. The first-order chi connectivity index (χ1) is 7.06. The Morgan fingerprint density at radius 3 is 2.67 bits per heavy atom. The number of allylic oxidation sites excluding steroid dienone is 2. The second kappa shape index (κ2) is 3.77. The minimum Gasteiger partial charge on any atom is -0.295 e. The van der Waals surface area contributed by atoms with Gasteiger partial charge in [-0.25, -0.2) is 0 Å². The molecule has 0 N–H and O–H groups in total. The predicted molar refractivity (Wildman–Crippen MR) is 62.5 cm³/mol. The molecular weight excluding hydrogens is 184 g/mol. The summed E-state index contributed by atoms with van der Waals surface area (Å²) in [6.07, 6.45) is 8.64. The molecule has 1 spiro atoms. The molecule has 0 heterocycles. The van der Waals surface area contributed by atoms with Gasteiger partial charge in [-0.05, 0) is 48.5 Å². The number of ketones is 1. The first-order valence-electron chi connectivity index (χ1n) is 6.28. The second-order valence-electron chi connectivity index (χ2n) is 5.74. The van der Waals surface area contributed by atoms with Crippen LogP contribution in [0.4, 0.5) is 0 Å². The number of hydrogen-bond donors (Lipinski definition) is 0. The molecule has 0 radical (unpaired) electrons. The fraction of sp³-hybridized carbons (Fsp3) is 0.786. The summed E-state index contributed by atoms with van der Waals surface area (Å²) in [7, 11) is 0. The van der Waals surface area contributed by atoms with Crippen molar-refractivity contribution in [2.75, 3.05) is 0 Å². The lowest BCUT2D eigenvalue weighted by molar-refractivity contribution is -0.116. The molecule has 0 amide bonds.